The average molecular weight is 235 g/mol. The molecule has 0 bridgehead atoms. The molecule has 1 aromatic heterocycles. The van der Waals surface area contributed by atoms with Crippen LogP contribution in [0.1, 0.15) is 13.3 Å². The number of halogens is 1. The van der Waals surface area contributed by atoms with Gasteiger partial charge in [0.15, 0.2) is 9.84 Å². The van der Waals surface area contributed by atoms with E-state index in [1.54, 1.807) is 16.9 Å². The minimum atomic E-state index is -2.92. The molecule has 14 heavy (non-hydrogen) atoms. The summed E-state index contributed by atoms with van der Waals surface area (Å²) in [6, 6.07) is 1.66. The van der Waals surface area contributed by atoms with Gasteiger partial charge in [0.05, 0.1) is 23.2 Å². The van der Waals surface area contributed by atoms with E-state index in [4.69, 9.17) is 11.6 Å². The molecule has 1 aliphatic heterocycles. The van der Waals surface area contributed by atoms with Crippen molar-refractivity contribution in [2.75, 3.05) is 11.5 Å². The summed E-state index contributed by atoms with van der Waals surface area (Å²) in [5.74, 6) is 0.348. The molecule has 0 amide bonds. The van der Waals surface area contributed by atoms with E-state index in [9.17, 15) is 8.42 Å². The summed E-state index contributed by atoms with van der Waals surface area (Å²) >= 11 is 5.91. The predicted molar refractivity (Wildman–Crippen MR) is 54.2 cm³/mol. The molecule has 2 heterocycles. The fourth-order valence-corrected chi connectivity index (χ4v) is 4.26. The van der Waals surface area contributed by atoms with E-state index < -0.39 is 15.4 Å². The molecule has 6 heteroatoms. The van der Waals surface area contributed by atoms with Crippen molar-refractivity contribution in [3.05, 3.63) is 17.4 Å². The van der Waals surface area contributed by atoms with Gasteiger partial charge in [0.25, 0.3) is 0 Å². The first-order valence-corrected chi connectivity index (χ1v) is 6.53. The Kier molecular flexibility index (Phi) is 2.12. The molecular weight excluding hydrogens is 224 g/mol. The summed E-state index contributed by atoms with van der Waals surface area (Å²) in [5, 5.41) is 4.55. The molecular formula is C8H11ClN2O2S. The van der Waals surface area contributed by atoms with E-state index in [1.165, 1.54) is 0 Å². The lowest BCUT2D eigenvalue weighted by Gasteiger charge is -2.23. The minimum absolute atomic E-state index is 0.126. The Morgan fingerprint density at radius 2 is 2.36 bits per heavy atom. The van der Waals surface area contributed by atoms with Crippen LogP contribution in [0.5, 0.6) is 0 Å². The molecule has 0 saturated carbocycles. The number of hydrogen-bond acceptors (Lipinski definition) is 3. The molecule has 0 radical (unpaired) electrons. The van der Waals surface area contributed by atoms with Crippen molar-refractivity contribution in [3.63, 3.8) is 0 Å². The van der Waals surface area contributed by atoms with Crippen molar-refractivity contribution in [2.45, 2.75) is 18.9 Å². The fraction of sp³-hybridized carbons (Fsp3) is 0.625. The number of sulfone groups is 1. The lowest BCUT2D eigenvalue weighted by Crippen LogP contribution is -2.32. The maximum Gasteiger partial charge on any atom is 0.152 e. The van der Waals surface area contributed by atoms with Gasteiger partial charge in [0.2, 0.25) is 0 Å². The molecule has 1 saturated heterocycles. The second kappa shape index (κ2) is 2.97. The van der Waals surface area contributed by atoms with Gasteiger partial charge in [0, 0.05) is 0 Å². The van der Waals surface area contributed by atoms with Crippen LogP contribution in [0.2, 0.25) is 5.15 Å². The van der Waals surface area contributed by atoms with Gasteiger partial charge < -0.3 is 0 Å². The van der Waals surface area contributed by atoms with Crippen LogP contribution >= 0.6 is 11.6 Å². The highest BCUT2D eigenvalue weighted by Crippen LogP contribution is 2.32. The van der Waals surface area contributed by atoms with Gasteiger partial charge in [-0.2, -0.15) is 5.10 Å². The molecule has 1 atom stereocenters. The Balaban J connectivity index is 2.41. The molecule has 0 aromatic carbocycles. The summed E-state index contributed by atoms with van der Waals surface area (Å²) in [4.78, 5) is 0. The fourth-order valence-electron chi connectivity index (χ4n) is 1.85. The molecule has 0 N–H and O–H groups in total. The first kappa shape index (κ1) is 9.98. The van der Waals surface area contributed by atoms with E-state index in [0.717, 1.165) is 0 Å². The predicted octanol–water partition coefficient (Wildman–Crippen LogP) is 1.07. The highest BCUT2D eigenvalue weighted by molar-refractivity contribution is 7.91. The quantitative estimate of drug-likeness (QED) is 0.731. The monoisotopic (exact) mass is 234 g/mol. The highest BCUT2D eigenvalue weighted by atomic mass is 35.5. The molecule has 2 rings (SSSR count). The molecule has 78 valence electrons. The van der Waals surface area contributed by atoms with Crippen LogP contribution in [-0.4, -0.2) is 29.7 Å². The summed E-state index contributed by atoms with van der Waals surface area (Å²) in [7, 11) is -2.92. The SMILES string of the molecule is CC1(n2nccc2Cl)CCS(=O)(=O)C1. The molecule has 1 aliphatic rings. The zero-order chi connectivity index (χ0) is 10.4. The Bertz CT molecular complexity index is 454. The summed E-state index contributed by atoms with van der Waals surface area (Å²) in [5.41, 5.74) is -0.473. The first-order valence-electron chi connectivity index (χ1n) is 4.33. The molecule has 1 unspecified atom stereocenters. The van der Waals surface area contributed by atoms with Crippen molar-refractivity contribution < 1.29 is 8.42 Å². The molecule has 1 aromatic rings. The van der Waals surface area contributed by atoms with Gasteiger partial charge in [-0.05, 0) is 19.4 Å². The molecule has 1 fully saturated rings. The third-order valence-electron chi connectivity index (χ3n) is 2.59. The first-order chi connectivity index (χ1) is 6.43. The largest absolute Gasteiger partial charge is 0.247 e. The highest BCUT2D eigenvalue weighted by Gasteiger charge is 2.41. The van der Waals surface area contributed by atoms with E-state index in [0.29, 0.717) is 11.6 Å². The second-order valence-electron chi connectivity index (χ2n) is 3.90. The van der Waals surface area contributed by atoms with Gasteiger partial charge in [-0.25, -0.2) is 13.1 Å². The van der Waals surface area contributed by atoms with Crippen LogP contribution in [0, 0.1) is 0 Å². The zero-order valence-electron chi connectivity index (χ0n) is 7.77. The van der Waals surface area contributed by atoms with Gasteiger partial charge in [-0.1, -0.05) is 11.6 Å². The van der Waals surface area contributed by atoms with Crippen molar-refractivity contribution in [1.82, 2.24) is 9.78 Å². The van der Waals surface area contributed by atoms with E-state index in [2.05, 4.69) is 5.10 Å². The van der Waals surface area contributed by atoms with Crippen molar-refractivity contribution in [3.8, 4) is 0 Å². The van der Waals surface area contributed by atoms with Crippen LogP contribution in [-0.2, 0) is 15.4 Å². The summed E-state index contributed by atoms with van der Waals surface area (Å²) < 4.78 is 24.3. The van der Waals surface area contributed by atoms with E-state index in [-0.39, 0.29) is 11.5 Å². The second-order valence-corrected chi connectivity index (χ2v) is 6.48. The Hall–Kier alpha value is -0.550. The third kappa shape index (κ3) is 1.54. The van der Waals surface area contributed by atoms with Gasteiger partial charge in [-0.15, -0.1) is 0 Å². The van der Waals surface area contributed by atoms with Crippen molar-refractivity contribution in [1.29, 1.82) is 0 Å². The maximum absolute atomic E-state index is 11.4. The molecule has 0 spiro atoms. The Morgan fingerprint density at radius 3 is 2.79 bits per heavy atom. The van der Waals surface area contributed by atoms with Crippen LogP contribution in [0.25, 0.3) is 0 Å². The Morgan fingerprint density at radius 1 is 1.64 bits per heavy atom. The third-order valence-corrected chi connectivity index (χ3v) is 4.76. The normalized spacial score (nSPS) is 30.7. The number of hydrogen-bond donors (Lipinski definition) is 0. The van der Waals surface area contributed by atoms with Gasteiger partial charge in [-0.3, -0.25) is 0 Å². The van der Waals surface area contributed by atoms with Crippen molar-refractivity contribution >= 4 is 21.4 Å². The maximum atomic E-state index is 11.4. The Labute approximate surface area is 87.8 Å². The molecule has 0 aliphatic carbocycles. The van der Waals surface area contributed by atoms with Crippen LogP contribution in [0.15, 0.2) is 12.3 Å². The topological polar surface area (TPSA) is 52.0 Å². The smallest absolute Gasteiger partial charge is 0.152 e. The lowest BCUT2D eigenvalue weighted by molar-refractivity contribution is 0.329. The van der Waals surface area contributed by atoms with Crippen molar-refractivity contribution in [2.24, 2.45) is 0 Å². The van der Waals surface area contributed by atoms with Crippen LogP contribution < -0.4 is 0 Å². The number of aromatic nitrogens is 2. The number of rotatable bonds is 1. The zero-order valence-corrected chi connectivity index (χ0v) is 9.35. The minimum Gasteiger partial charge on any atom is -0.247 e. The van der Waals surface area contributed by atoms with E-state index in [1.807, 2.05) is 6.92 Å². The summed E-state index contributed by atoms with van der Waals surface area (Å²) in [6.45, 7) is 1.87. The molecule has 4 nitrogen and oxygen atoms in total. The van der Waals surface area contributed by atoms with Crippen LogP contribution in [0.3, 0.4) is 0 Å². The van der Waals surface area contributed by atoms with Gasteiger partial charge in [0.1, 0.15) is 5.15 Å². The van der Waals surface area contributed by atoms with Crippen LogP contribution in [0.4, 0.5) is 0 Å². The van der Waals surface area contributed by atoms with Gasteiger partial charge >= 0.3 is 0 Å². The summed E-state index contributed by atoms with van der Waals surface area (Å²) in [6.07, 6.45) is 2.16. The number of nitrogens with zero attached hydrogens (tertiary/aromatic N) is 2. The average Bonchev–Trinajstić information content (AvgIpc) is 2.57. The standard InChI is InChI=1S/C8H11ClN2O2S/c1-8(3-5-14(12,13)6-8)11-7(9)2-4-10-11/h2,4H,3,5-6H2,1H3. The van der Waals surface area contributed by atoms with E-state index >= 15 is 0 Å². The lowest BCUT2D eigenvalue weighted by atomic mass is 10.0.